The van der Waals surface area contributed by atoms with Crippen LogP contribution in [0.4, 0.5) is 15.8 Å². The van der Waals surface area contributed by atoms with Crippen molar-refractivity contribution in [1.29, 1.82) is 0 Å². The number of amides is 1. The number of anilines is 2. The Morgan fingerprint density at radius 2 is 2.06 bits per heavy atom. The lowest BCUT2D eigenvalue weighted by Gasteiger charge is -2.41. The predicted octanol–water partition coefficient (Wildman–Crippen LogP) is 3.27. The fourth-order valence-electron chi connectivity index (χ4n) is 2.49. The molecule has 1 saturated carbocycles. The molecule has 1 aromatic rings. The summed E-state index contributed by atoms with van der Waals surface area (Å²) in [5, 5.41) is 6.14. The second-order valence-electron chi connectivity index (χ2n) is 4.80. The molecular weight excluding hydrogens is 287 g/mol. The highest BCUT2D eigenvalue weighted by Gasteiger charge is 2.41. The molecule has 0 atom stereocenters. The van der Waals surface area contributed by atoms with Gasteiger partial charge in [0.15, 0.2) is 0 Å². The number of hydrogen-bond acceptors (Lipinski definition) is 2. The van der Waals surface area contributed by atoms with Gasteiger partial charge in [-0.2, -0.15) is 0 Å². The summed E-state index contributed by atoms with van der Waals surface area (Å²) < 4.78 is 13.8. The summed E-state index contributed by atoms with van der Waals surface area (Å²) in [5.41, 5.74) is 1.20. The van der Waals surface area contributed by atoms with Crippen LogP contribution in [0.5, 0.6) is 0 Å². The average Bonchev–Trinajstić information content (AvgIpc) is 2.35. The number of carbonyl (C=O) groups excluding carboxylic acids is 1. The van der Waals surface area contributed by atoms with Crippen molar-refractivity contribution >= 4 is 33.2 Å². The molecule has 0 bridgehead atoms. The van der Waals surface area contributed by atoms with Crippen molar-refractivity contribution in [2.75, 3.05) is 10.6 Å². The van der Waals surface area contributed by atoms with Crippen LogP contribution >= 0.6 is 15.9 Å². The maximum atomic E-state index is 13.4. The number of fused-ring (bicyclic) bond motifs is 1. The Morgan fingerprint density at radius 3 is 2.71 bits per heavy atom. The molecule has 3 rings (SSSR count). The van der Waals surface area contributed by atoms with Crippen LogP contribution in [0.3, 0.4) is 0 Å². The second-order valence-corrected chi connectivity index (χ2v) is 5.65. The van der Waals surface area contributed by atoms with E-state index in [0.717, 1.165) is 24.9 Å². The van der Waals surface area contributed by atoms with E-state index in [0.29, 0.717) is 16.6 Å². The van der Waals surface area contributed by atoms with Gasteiger partial charge >= 0.3 is 0 Å². The minimum Gasteiger partial charge on any atom is -0.377 e. The largest absolute Gasteiger partial charge is 0.377 e. The van der Waals surface area contributed by atoms with Gasteiger partial charge in [0.25, 0.3) is 0 Å². The van der Waals surface area contributed by atoms with Crippen molar-refractivity contribution in [2.45, 2.75) is 31.2 Å². The quantitative estimate of drug-likeness (QED) is 0.772. The normalized spacial score (nSPS) is 20.9. The van der Waals surface area contributed by atoms with Gasteiger partial charge in [0, 0.05) is 18.0 Å². The Balaban J connectivity index is 2.05. The first-order valence-corrected chi connectivity index (χ1v) is 6.44. The smallest absolute Gasteiger partial charge is 0.226 e. The molecule has 1 spiro atoms. The molecule has 90 valence electrons. The van der Waals surface area contributed by atoms with E-state index in [-0.39, 0.29) is 17.3 Å². The number of carbonyl (C=O) groups is 1. The maximum Gasteiger partial charge on any atom is 0.226 e. The zero-order chi connectivity index (χ0) is 12.0. The van der Waals surface area contributed by atoms with Gasteiger partial charge in [-0.05, 0) is 41.3 Å². The standard InChI is InChI=1S/C12H12BrFN2O/c13-7-4-10-9(5-8(7)14)15-11(17)6-12(16-10)2-1-3-12/h4-5,16H,1-3,6H2,(H,15,17). The molecule has 0 aromatic heterocycles. The van der Waals surface area contributed by atoms with Gasteiger partial charge in [-0.3, -0.25) is 4.79 Å². The summed E-state index contributed by atoms with van der Waals surface area (Å²) >= 11 is 3.16. The minimum absolute atomic E-state index is 0.0438. The zero-order valence-electron chi connectivity index (χ0n) is 9.15. The van der Waals surface area contributed by atoms with Crippen molar-refractivity contribution in [3.8, 4) is 0 Å². The highest BCUT2D eigenvalue weighted by Crippen LogP contribution is 2.43. The molecule has 0 saturated heterocycles. The first-order chi connectivity index (χ1) is 8.08. The Bertz CT molecular complexity index is 500. The monoisotopic (exact) mass is 298 g/mol. The predicted molar refractivity (Wildman–Crippen MR) is 67.6 cm³/mol. The number of halogens is 2. The van der Waals surface area contributed by atoms with E-state index in [4.69, 9.17) is 0 Å². The van der Waals surface area contributed by atoms with Crippen molar-refractivity contribution in [3.63, 3.8) is 0 Å². The Labute approximate surface area is 107 Å². The van der Waals surface area contributed by atoms with E-state index >= 15 is 0 Å². The number of hydrogen-bond donors (Lipinski definition) is 2. The molecular formula is C12H12BrFN2O. The van der Waals surface area contributed by atoms with E-state index in [1.165, 1.54) is 6.07 Å². The molecule has 1 amide bonds. The van der Waals surface area contributed by atoms with Gasteiger partial charge in [0.1, 0.15) is 5.82 Å². The lowest BCUT2D eigenvalue weighted by Crippen LogP contribution is -2.46. The summed E-state index contributed by atoms with van der Waals surface area (Å²) in [4.78, 5) is 11.8. The van der Waals surface area contributed by atoms with E-state index in [2.05, 4.69) is 26.6 Å². The molecule has 5 heteroatoms. The summed E-state index contributed by atoms with van der Waals surface area (Å²) in [6.07, 6.45) is 3.59. The summed E-state index contributed by atoms with van der Waals surface area (Å²) in [7, 11) is 0. The van der Waals surface area contributed by atoms with Crippen LogP contribution in [0.2, 0.25) is 0 Å². The van der Waals surface area contributed by atoms with Gasteiger partial charge in [-0.25, -0.2) is 4.39 Å². The fraction of sp³-hybridized carbons (Fsp3) is 0.417. The lowest BCUT2D eigenvalue weighted by atomic mass is 9.74. The van der Waals surface area contributed by atoms with Gasteiger partial charge < -0.3 is 10.6 Å². The highest BCUT2D eigenvalue weighted by atomic mass is 79.9. The molecule has 1 fully saturated rings. The molecule has 0 unspecified atom stereocenters. The van der Waals surface area contributed by atoms with Gasteiger partial charge in [-0.15, -0.1) is 0 Å². The maximum absolute atomic E-state index is 13.4. The van der Waals surface area contributed by atoms with E-state index < -0.39 is 0 Å². The Kier molecular flexibility index (Phi) is 2.40. The Morgan fingerprint density at radius 1 is 1.29 bits per heavy atom. The average molecular weight is 299 g/mol. The zero-order valence-corrected chi connectivity index (χ0v) is 10.7. The van der Waals surface area contributed by atoms with E-state index in [9.17, 15) is 9.18 Å². The van der Waals surface area contributed by atoms with Crippen LogP contribution in [0.1, 0.15) is 25.7 Å². The molecule has 2 aliphatic rings. The molecule has 3 nitrogen and oxygen atoms in total. The van der Waals surface area contributed by atoms with E-state index in [1.807, 2.05) is 0 Å². The molecule has 1 heterocycles. The van der Waals surface area contributed by atoms with Crippen molar-refractivity contribution in [3.05, 3.63) is 22.4 Å². The van der Waals surface area contributed by atoms with Crippen LogP contribution in [-0.4, -0.2) is 11.4 Å². The van der Waals surface area contributed by atoms with Crippen LogP contribution in [-0.2, 0) is 4.79 Å². The molecule has 1 aliphatic heterocycles. The van der Waals surface area contributed by atoms with Gasteiger partial charge in [-0.1, -0.05) is 0 Å². The van der Waals surface area contributed by atoms with Crippen molar-refractivity contribution < 1.29 is 9.18 Å². The number of rotatable bonds is 0. The first-order valence-electron chi connectivity index (χ1n) is 5.65. The molecule has 1 aliphatic carbocycles. The third-order valence-corrected chi connectivity index (χ3v) is 4.15. The van der Waals surface area contributed by atoms with Crippen molar-refractivity contribution in [1.82, 2.24) is 0 Å². The van der Waals surface area contributed by atoms with Crippen LogP contribution in [0.25, 0.3) is 0 Å². The van der Waals surface area contributed by atoms with E-state index in [1.54, 1.807) is 6.07 Å². The summed E-state index contributed by atoms with van der Waals surface area (Å²) in [5.74, 6) is -0.409. The van der Waals surface area contributed by atoms with Crippen LogP contribution < -0.4 is 10.6 Å². The van der Waals surface area contributed by atoms with Crippen LogP contribution in [0.15, 0.2) is 16.6 Å². The molecule has 0 radical (unpaired) electrons. The summed E-state index contributed by atoms with van der Waals surface area (Å²) in [6.45, 7) is 0. The van der Waals surface area contributed by atoms with Crippen molar-refractivity contribution in [2.24, 2.45) is 0 Å². The van der Waals surface area contributed by atoms with Gasteiger partial charge in [0.2, 0.25) is 5.91 Å². The minimum atomic E-state index is -0.365. The number of nitrogens with one attached hydrogen (secondary N) is 2. The van der Waals surface area contributed by atoms with Gasteiger partial charge in [0.05, 0.1) is 15.8 Å². The molecule has 1 aromatic carbocycles. The SMILES string of the molecule is O=C1CC2(CCC2)Nc2cc(Br)c(F)cc2N1. The molecule has 17 heavy (non-hydrogen) atoms. The highest BCUT2D eigenvalue weighted by molar-refractivity contribution is 9.10. The third-order valence-electron chi connectivity index (χ3n) is 3.54. The third kappa shape index (κ3) is 1.82. The topological polar surface area (TPSA) is 41.1 Å². The fourth-order valence-corrected chi connectivity index (χ4v) is 2.83. The lowest BCUT2D eigenvalue weighted by molar-refractivity contribution is -0.117. The first kappa shape index (κ1) is 11.0. The summed E-state index contributed by atoms with van der Waals surface area (Å²) in [6, 6.07) is 3.04. The van der Waals surface area contributed by atoms with Crippen LogP contribution in [0, 0.1) is 5.82 Å². The second kappa shape index (κ2) is 3.70. The number of benzene rings is 1. The Hall–Kier alpha value is -1.10. The molecule has 2 N–H and O–H groups in total.